The fourth-order valence-electron chi connectivity index (χ4n) is 3.12. The van der Waals surface area contributed by atoms with Gasteiger partial charge in [0.25, 0.3) is 0 Å². The minimum Gasteiger partial charge on any atom is -0.326 e. The molecule has 5 nitrogen and oxygen atoms in total. The largest absolute Gasteiger partial charge is 0.326 e. The molecular weight excluding hydrogens is 391 g/mol. The Morgan fingerprint density at radius 1 is 1.22 bits per heavy atom. The van der Waals surface area contributed by atoms with Gasteiger partial charge in [-0.2, -0.15) is 0 Å². The van der Waals surface area contributed by atoms with E-state index >= 15 is 0 Å². The molecule has 1 aliphatic rings. The van der Waals surface area contributed by atoms with Crippen LogP contribution >= 0.6 is 11.6 Å². The molecular formula is C19H20ClFN2O3S. The summed E-state index contributed by atoms with van der Waals surface area (Å²) in [5, 5.41) is 3.06. The number of sulfonamides is 1. The number of nitrogens with zero attached hydrogens (tertiary/aromatic N) is 1. The van der Waals surface area contributed by atoms with Gasteiger partial charge in [0.15, 0.2) is 0 Å². The van der Waals surface area contributed by atoms with E-state index in [4.69, 9.17) is 11.6 Å². The van der Waals surface area contributed by atoms with Crippen LogP contribution in [0.25, 0.3) is 0 Å². The Labute approximate surface area is 163 Å². The summed E-state index contributed by atoms with van der Waals surface area (Å²) in [5.41, 5.74) is 0.890. The van der Waals surface area contributed by atoms with Gasteiger partial charge in [-0.3, -0.25) is 4.79 Å². The van der Waals surface area contributed by atoms with Crippen LogP contribution in [0.1, 0.15) is 18.4 Å². The van der Waals surface area contributed by atoms with Crippen LogP contribution in [-0.4, -0.2) is 31.7 Å². The Morgan fingerprint density at radius 2 is 2.00 bits per heavy atom. The van der Waals surface area contributed by atoms with Gasteiger partial charge in [0.05, 0.1) is 11.7 Å². The molecule has 0 unspecified atom stereocenters. The summed E-state index contributed by atoms with van der Waals surface area (Å²) in [7, 11) is -3.60. The van der Waals surface area contributed by atoms with Crippen LogP contribution < -0.4 is 5.32 Å². The Hall–Kier alpha value is -1.96. The second-order valence-corrected chi connectivity index (χ2v) is 8.92. The molecule has 0 spiro atoms. The molecule has 8 heteroatoms. The number of benzene rings is 2. The molecule has 1 atom stereocenters. The first kappa shape index (κ1) is 19.8. The average Bonchev–Trinajstić information content (AvgIpc) is 2.64. The standard InChI is InChI=1S/C19H20ClFN2O3S/c20-18-9-2-1-5-15(18)13-27(25,26)23-10-4-6-14(12-23)19(24)22-17-8-3-7-16(21)11-17/h1-3,5,7-9,11,14H,4,6,10,12-13H2,(H,22,24)/t14-/m0/s1. The number of halogens is 2. The van der Waals surface area contributed by atoms with Crippen LogP contribution in [0, 0.1) is 11.7 Å². The number of hydrogen-bond donors (Lipinski definition) is 1. The van der Waals surface area contributed by atoms with Crippen molar-refractivity contribution in [2.45, 2.75) is 18.6 Å². The highest BCUT2D eigenvalue weighted by atomic mass is 35.5. The highest BCUT2D eigenvalue weighted by Gasteiger charge is 2.32. The molecule has 1 heterocycles. The van der Waals surface area contributed by atoms with Gasteiger partial charge >= 0.3 is 0 Å². The van der Waals surface area contributed by atoms with Gasteiger partial charge < -0.3 is 5.32 Å². The maximum Gasteiger partial charge on any atom is 0.228 e. The Balaban J connectivity index is 1.68. The van der Waals surface area contributed by atoms with E-state index in [2.05, 4.69) is 5.32 Å². The lowest BCUT2D eigenvalue weighted by molar-refractivity contribution is -0.120. The quantitative estimate of drug-likeness (QED) is 0.818. The average molecular weight is 411 g/mol. The minimum atomic E-state index is -3.60. The molecule has 1 saturated heterocycles. The minimum absolute atomic E-state index is 0.105. The number of nitrogens with one attached hydrogen (secondary N) is 1. The monoisotopic (exact) mass is 410 g/mol. The first-order chi connectivity index (χ1) is 12.8. The molecule has 1 N–H and O–H groups in total. The maximum absolute atomic E-state index is 13.3. The third kappa shape index (κ3) is 5.06. The van der Waals surface area contributed by atoms with E-state index < -0.39 is 21.8 Å². The van der Waals surface area contributed by atoms with Crippen molar-refractivity contribution in [1.82, 2.24) is 4.31 Å². The summed E-state index contributed by atoms with van der Waals surface area (Å²) < 4.78 is 40.1. The Bertz CT molecular complexity index is 936. The van der Waals surface area contributed by atoms with E-state index in [0.29, 0.717) is 35.7 Å². The number of carbonyl (C=O) groups excluding carboxylic acids is 1. The molecule has 144 valence electrons. The summed E-state index contributed by atoms with van der Waals surface area (Å²) in [6, 6.07) is 12.4. The predicted octanol–water partition coefficient (Wildman–Crippen LogP) is 3.66. The van der Waals surface area contributed by atoms with Crippen LogP contribution in [-0.2, 0) is 20.6 Å². The molecule has 3 rings (SSSR count). The predicted molar refractivity (Wildman–Crippen MR) is 103 cm³/mol. The first-order valence-corrected chi connectivity index (χ1v) is 10.6. The zero-order chi connectivity index (χ0) is 19.4. The zero-order valence-electron chi connectivity index (χ0n) is 14.6. The van der Waals surface area contributed by atoms with Gasteiger partial charge in [-0.15, -0.1) is 0 Å². The number of carbonyl (C=O) groups is 1. The molecule has 0 bridgehead atoms. The van der Waals surface area contributed by atoms with Crippen molar-refractivity contribution in [2.75, 3.05) is 18.4 Å². The highest BCUT2D eigenvalue weighted by molar-refractivity contribution is 7.88. The van der Waals surface area contributed by atoms with Crippen LogP contribution in [0.3, 0.4) is 0 Å². The Morgan fingerprint density at radius 3 is 2.74 bits per heavy atom. The third-order valence-corrected chi connectivity index (χ3v) is 6.70. The van der Waals surface area contributed by atoms with E-state index in [9.17, 15) is 17.6 Å². The van der Waals surface area contributed by atoms with Crippen molar-refractivity contribution in [2.24, 2.45) is 5.92 Å². The van der Waals surface area contributed by atoms with Gasteiger partial charge in [-0.25, -0.2) is 17.1 Å². The molecule has 2 aromatic rings. The fourth-order valence-corrected chi connectivity index (χ4v) is 5.05. The number of anilines is 1. The second kappa shape index (κ2) is 8.37. The van der Waals surface area contributed by atoms with Crippen LogP contribution in [0.15, 0.2) is 48.5 Å². The van der Waals surface area contributed by atoms with Gasteiger partial charge in [-0.1, -0.05) is 35.9 Å². The summed E-state index contributed by atoms with van der Waals surface area (Å²) in [5.74, 6) is -1.44. The molecule has 0 aromatic heterocycles. The van der Waals surface area contributed by atoms with E-state index in [1.165, 1.54) is 22.5 Å². The SMILES string of the molecule is O=C(Nc1cccc(F)c1)[C@H]1CCCN(S(=O)(=O)Cc2ccccc2Cl)C1. The lowest BCUT2D eigenvalue weighted by Gasteiger charge is -2.31. The van der Waals surface area contributed by atoms with Gasteiger partial charge in [0, 0.05) is 23.8 Å². The maximum atomic E-state index is 13.3. The molecule has 2 aromatic carbocycles. The highest BCUT2D eigenvalue weighted by Crippen LogP contribution is 2.25. The van der Waals surface area contributed by atoms with Crippen molar-refractivity contribution < 1.29 is 17.6 Å². The van der Waals surface area contributed by atoms with Crippen LogP contribution in [0.5, 0.6) is 0 Å². The van der Waals surface area contributed by atoms with Crippen molar-refractivity contribution in [3.8, 4) is 0 Å². The Kier molecular flexibility index (Phi) is 6.14. The van der Waals surface area contributed by atoms with Gasteiger partial charge in [-0.05, 0) is 42.7 Å². The van der Waals surface area contributed by atoms with Crippen molar-refractivity contribution >= 4 is 33.2 Å². The molecule has 1 amide bonds. The molecule has 0 saturated carbocycles. The smallest absolute Gasteiger partial charge is 0.228 e. The summed E-state index contributed by atoms with van der Waals surface area (Å²) in [6.45, 7) is 0.477. The van der Waals surface area contributed by atoms with Gasteiger partial charge in [0.2, 0.25) is 15.9 Å². The number of hydrogen-bond acceptors (Lipinski definition) is 3. The van der Waals surface area contributed by atoms with E-state index in [-0.39, 0.29) is 18.2 Å². The van der Waals surface area contributed by atoms with Crippen molar-refractivity contribution in [3.05, 3.63) is 64.9 Å². The fraction of sp³-hybridized carbons (Fsp3) is 0.316. The van der Waals surface area contributed by atoms with Crippen molar-refractivity contribution in [3.63, 3.8) is 0 Å². The zero-order valence-corrected chi connectivity index (χ0v) is 16.1. The summed E-state index contributed by atoms with van der Waals surface area (Å²) in [6.07, 6.45) is 1.17. The first-order valence-electron chi connectivity index (χ1n) is 8.63. The van der Waals surface area contributed by atoms with Crippen LogP contribution in [0.2, 0.25) is 5.02 Å². The summed E-state index contributed by atoms with van der Waals surface area (Å²) in [4.78, 5) is 12.5. The topological polar surface area (TPSA) is 66.5 Å². The van der Waals surface area contributed by atoms with Crippen LogP contribution in [0.4, 0.5) is 10.1 Å². The third-order valence-electron chi connectivity index (χ3n) is 4.54. The van der Waals surface area contributed by atoms with E-state index in [1.54, 1.807) is 30.3 Å². The molecule has 27 heavy (non-hydrogen) atoms. The van der Waals surface area contributed by atoms with Crippen molar-refractivity contribution in [1.29, 1.82) is 0 Å². The normalized spacial score (nSPS) is 18.2. The van der Waals surface area contributed by atoms with E-state index in [1.807, 2.05) is 0 Å². The van der Waals surface area contributed by atoms with E-state index in [0.717, 1.165) is 0 Å². The lowest BCUT2D eigenvalue weighted by Crippen LogP contribution is -2.44. The second-order valence-electron chi connectivity index (χ2n) is 6.54. The number of amides is 1. The molecule has 0 radical (unpaired) electrons. The molecule has 1 aliphatic heterocycles. The molecule has 0 aliphatic carbocycles. The summed E-state index contributed by atoms with van der Waals surface area (Å²) >= 11 is 6.07. The number of piperidine rings is 1. The van der Waals surface area contributed by atoms with Gasteiger partial charge in [0.1, 0.15) is 5.82 Å². The molecule has 1 fully saturated rings. The lowest BCUT2D eigenvalue weighted by atomic mass is 9.99. The number of rotatable bonds is 5.